The first kappa shape index (κ1) is 10.9. The summed E-state index contributed by atoms with van der Waals surface area (Å²) in [7, 11) is 1.68. The zero-order valence-corrected chi connectivity index (χ0v) is 8.65. The topological polar surface area (TPSA) is 107 Å². The number of nitrogens with zero attached hydrogens (tertiary/aromatic N) is 4. The molecule has 14 heavy (non-hydrogen) atoms. The number of aromatic nitrogens is 4. The predicted octanol–water partition coefficient (Wildman–Crippen LogP) is -0.896. The van der Waals surface area contributed by atoms with Crippen LogP contribution in [0.15, 0.2) is 5.16 Å². The van der Waals surface area contributed by atoms with Crippen LogP contribution in [0.3, 0.4) is 0 Å². The van der Waals surface area contributed by atoms with Crippen molar-refractivity contribution in [1.29, 1.82) is 0 Å². The second-order valence-electron chi connectivity index (χ2n) is 3.10. The van der Waals surface area contributed by atoms with Gasteiger partial charge in [0.05, 0.1) is 0 Å². The minimum Gasteiger partial charge on any atom is -0.480 e. The van der Waals surface area contributed by atoms with Gasteiger partial charge in [0.25, 0.3) is 0 Å². The van der Waals surface area contributed by atoms with Gasteiger partial charge in [0.15, 0.2) is 0 Å². The van der Waals surface area contributed by atoms with Gasteiger partial charge in [-0.15, -0.1) is 5.10 Å². The molecule has 0 saturated heterocycles. The summed E-state index contributed by atoms with van der Waals surface area (Å²) in [5.41, 5.74) is 4.26. The summed E-state index contributed by atoms with van der Waals surface area (Å²) in [6, 6.07) is 0. The smallest absolute Gasteiger partial charge is 0.324 e. The lowest BCUT2D eigenvalue weighted by Gasteiger charge is -2.17. The van der Waals surface area contributed by atoms with Crippen molar-refractivity contribution in [3.8, 4) is 0 Å². The molecule has 0 radical (unpaired) electrons. The molecule has 1 heterocycles. The van der Waals surface area contributed by atoms with Crippen molar-refractivity contribution in [2.45, 2.75) is 17.6 Å². The molecule has 1 aromatic rings. The molecule has 8 heteroatoms. The first-order valence-corrected chi connectivity index (χ1v) is 4.79. The third-order valence-electron chi connectivity index (χ3n) is 1.57. The average molecular weight is 217 g/mol. The van der Waals surface area contributed by atoms with E-state index in [4.69, 9.17) is 10.8 Å². The summed E-state index contributed by atoms with van der Waals surface area (Å²) in [5.74, 6) is -0.823. The highest BCUT2D eigenvalue weighted by atomic mass is 32.2. The second-order valence-corrected chi connectivity index (χ2v) is 4.04. The van der Waals surface area contributed by atoms with Gasteiger partial charge in [0.2, 0.25) is 5.16 Å². The Morgan fingerprint density at radius 2 is 2.43 bits per heavy atom. The molecule has 1 rings (SSSR count). The Balaban J connectivity index is 2.57. The van der Waals surface area contributed by atoms with Crippen LogP contribution in [-0.4, -0.2) is 42.6 Å². The molecule has 0 aliphatic carbocycles. The molecule has 0 bridgehead atoms. The fraction of sp³-hybridized carbons (Fsp3) is 0.667. The van der Waals surface area contributed by atoms with Crippen LogP contribution in [0, 0.1) is 0 Å². The van der Waals surface area contributed by atoms with Gasteiger partial charge in [-0.3, -0.25) is 4.79 Å². The fourth-order valence-corrected chi connectivity index (χ4v) is 1.49. The van der Waals surface area contributed by atoms with Crippen LogP contribution in [0.1, 0.15) is 6.92 Å². The maximum Gasteiger partial charge on any atom is 0.324 e. The quantitative estimate of drug-likeness (QED) is 0.629. The first-order chi connectivity index (χ1) is 6.43. The van der Waals surface area contributed by atoms with Crippen LogP contribution >= 0.6 is 11.8 Å². The number of carbonyl (C=O) groups is 1. The van der Waals surface area contributed by atoms with Crippen LogP contribution < -0.4 is 5.73 Å². The zero-order valence-electron chi connectivity index (χ0n) is 7.84. The summed E-state index contributed by atoms with van der Waals surface area (Å²) in [6.45, 7) is 1.45. The first-order valence-electron chi connectivity index (χ1n) is 3.81. The lowest BCUT2D eigenvalue weighted by Crippen LogP contribution is -2.47. The molecule has 1 aromatic heterocycles. The molecule has 0 aromatic carbocycles. The molecular formula is C6H11N5O2S. The zero-order chi connectivity index (χ0) is 10.8. The van der Waals surface area contributed by atoms with Gasteiger partial charge in [-0.1, -0.05) is 11.8 Å². The lowest BCUT2D eigenvalue weighted by molar-refractivity contribution is -0.141. The van der Waals surface area contributed by atoms with Crippen LogP contribution in [-0.2, 0) is 11.8 Å². The Labute approximate surface area is 84.7 Å². The van der Waals surface area contributed by atoms with Crippen molar-refractivity contribution in [1.82, 2.24) is 20.2 Å². The monoisotopic (exact) mass is 217 g/mol. The van der Waals surface area contributed by atoms with E-state index < -0.39 is 11.5 Å². The number of tetrazole rings is 1. The van der Waals surface area contributed by atoms with Gasteiger partial charge in [-0.25, -0.2) is 4.68 Å². The maximum absolute atomic E-state index is 10.7. The van der Waals surface area contributed by atoms with Gasteiger partial charge in [0.1, 0.15) is 5.54 Å². The Hall–Kier alpha value is -1.15. The summed E-state index contributed by atoms with van der Waals surface area (Å²) in [4.78, 5) is 10.7. The van der Waals surface area contributed by atoms with E-state index in [0.717, 1.165) is 0 Å². The van der Waals surface area contributed by atoms with E-state index in [0.29, 0.717) is 5.16 Å². The number of rotatable bonds is 4. The third-order valence-corrected chi connectivity index (χ3v) is 2.92. The molecule has 0 saturated carbocycles. The summed E-state index contributed by atoms with van der Waals surface area (Å²) in [5, 5.41) is 20.0. The highest BCUT2D eigenvalue weighted by Gasteiger charge is 2.28. The van der Waals surface area contributed by atoms with Gasteiger partial charge in [0, 0.05) is 12.8 Å². The second kappa shape index (κ2) is 3.93. The highest BCUT2D eigenvalue weighted by molar-refractivity contribution is 7.99. The molecule has 7 nitrogen and oxygen atoms in total. The van der Waals surface area contributed by atoms with E-state index in [2.05, 4.69) is 15.5 Å². The summed E-state index contributed by atoms with van der Waals surface area (Å²) < 4.78 is 1.46. The SMILES string of the molecule is Cn1nnnc1SCC(C)(N)C(=O)O. The fourth-order valence-electron chi connectivity index (χ4n) is 0.620. The predicted molar refractivity (Wildman–Crippen MR) is 49.8 cm³/mol. The Bertz CT molecular complexity index is 337. The largest absolute Gasteiger partial charge is 0.480 e. The molecule has 1 unspecified atom stereocenters. The standard InChI is InChI=1S/C6H11N5O2S/c1-6(7,4(12)13)3-14-5-8-9-10-11(5)2/h3,7H2,1-2H3,(H,12,13). The molecule has 0 amide bonds. The number of carboxylic acids is 1. The number of carboxylic acid groups (broad SMARTS) is 1. The molecule has 0 aliphatic rings. The van der Waals surface area contributed by atoms with Crippen LogP contribution in [0.25, 0.3) is 0 Å². The van der Waals surface area contributed by atoms with Crippen LogP contribution in [0.4, 0.5) is 0 Å². The van der Waals surface area contributed by atoms with Gasteiger partial charge in [-0.05, 0) is 17.4 Å². The molecule has 0 spiro atoms. The average Bonchev–Trinajstić information content (AvgIpc) is 2.47. The van der Waals surface area contributed by atoms with Crippen molar-refractivity contribution in [3.63, 3.8) is 0 Å². The Kier molecular flexibility index (Phi) is 3.06. The van der Waals surface area contributed by atoms with Gasteiger partial charge in [-0.2, -0.15) is 0 Å². The third kappa shape index (κ3) is 2.42. The number of hydrogen-bond donors (Lipinski definition) is 2. The normalized spacial score (nSPS) is 15.1. The van der Waals surface area contributed by atoms with E-state index >= 15 is 0 Å². The summed E-state index contributed by atoms with van der Waals surface area (Å²) in [6.07, 6.45) is 0. The highest BCUT2D eigenvalue weighted by Crippen LogP contribution is 2.17. The van der Waals surface area contributed by atoms with Crippen molar-refractivity contribution in [2.24, 2.45) is 12.8 Å². The lowest BCUT2D eigenvalue weighted by atomic mass is 10.1. The number of hydrogen-bond acceptors (Lipinski definition) is 6. The number of thioether (sulfide) groups is 1. The van der Waals surface area contributed by atoms with Crippen molar-refractivity contribution < 1.29 is 9.90 Å². The number of aliphatic carboxylic acids is 1. The van der Waals surface area contributed by atoms with Crippen LogP contribution in [0.2, 0.25) is 0 Å². The molecule has 1 atom stereocenters. The van der Waals surface area contributed by atoms with Crippen molar-refractivity contribution in [2.75, 3.05) is 5.75 Å². The van der Waals surface area contributed by atoms with Gasteiger partial charge < -0.3 is 10.8 Å². The molecule has 0 fully saturated rings. The van der Waals surface area contributed by atoms with E-state index in [1.807, 2.05) is 0 Å². The Morgan fingerprint density at radius 3 is 2.86 bits per heavy atom. The molecule has 0 aliphatic heterocycles. The molecule has 3 N–H and O–H groups in total. The van der Waals surface area contributed by atoms with E-state index in [9.17, 15) is 4.79 Å². The number of aryl methyl sites for hydroxylation is 1. The minimum atomic E-state index is -1.27. The van der Waals surface area contributed by atoms with Crippen molar-refractivity contribution >= 4 is 17.7 Å². The van der Waals surface area contributed by atoms with Gasteiger partial charge >= 0.3 is 5.97 Å². The molecule has 78 valence electrons. The number of nitrogens with two attached hydrogens (primary N) is 1. The van der Waals surface area contributed by atoms with E-state index in [-0.39, 0.29) is 5.75 Å². The van der Waals surface area contributed by atoms with E-state index in [1.165, 1.54) is 23.4 Å². The Morgan fingerprint density at radius 1 is 1.79 bits per heavy atom. The van der Waals surface area contributed by atoms with Crippen molar-refractivity contribution in [3.05, 3.63) is 0 Å². The molecular weight excluding hydrogens is 206 g/mol. The maximum atomic E-state index is 10.7. The summed E-state index contributed by atoms with van der Waals surface area (Å²) >= 11 is 1.21. The minimum absolute atomic E-state index is 0.219. The van der Waals surface area contributed by atoms with Crippen LogP contribution in [0.5, 0.6) is 0 Å². The van der Waals surface area contributed by atoms with E-state index in [1.54, 1.807) is 7.05 Å².